The van der Waals surface area contributed by atoms with Gasteiger partial charge in [0.25, 0.3) is 5.91 Å². The van der Waals surface area contributed by atoms with Crippen molar-refractivity contribution in [1.29, 1.82) is 0 Å². The molecule has 0 bridgehead atoms. The van der Waals surface area contributed by atoms with Gasteiger partial charge in [0.05, 0.1) is 29.6 Å². The van der Waals surface area contributed by atoms with Gasteiger partial charge in [0.15, 0.2) is 0 Å². The first-order chi connectivity index (χ1) is 9.18. The highest BCUT2D eigenvalue weighted by Gasteiger charge is 2.28. The number of carbonyl (C=O) groups is 1. The molecule has 6 heteroatoms. The fourth-order valence-corrected chi connectivity index (χ4v) is 3.30. The number of nitrogen functional groups attached to an aromatic ring is 1. The van der Waals surface area contributed by atoms with E-state index >= 15 is 0 Å². The van der Waals surface area contributed by atoms with Crippen LogP contribution in [0.2, 0.25) is 0 Å². The predicted molar refractivity (Wildman–Crippen MR) is 75.3 cm³/mol. The van der Waals surface area contributed by atoms with Gasteiger partial charge in [0.1, 0.15) is 10.4 Å². The fourth-order valence-electron chi connectivity index (χ4n) is 2.27. The van der Waals surface area contributed by atoms with Crippen molar-refractivity contribution in [2.45, 2.75) is 13.0 Å². The zero-order valence-electron chi connectivity index (χ0n) is 10.6. The van der Waals surface area contributed by atoms with Crippen molar-refractivity contribution in [2.24, 2.45) is 0 Å². The Hall–Kier alpha value is -1.66. The molecular weight excluding hydrogens is 262 g/mol. The van der Waals surface area contributed by atoms with Gasteiger partial charge in [-0.2, -0.15) is 0 Å². The topological polar surface area (TPSA) is 68.5 Å². The van der Waals surface area contributed by atoms with Crippen LogP contribution in [0.5, 0.6) is 0 Å². The molecule has 1 aliphatic rings. The zero-order chi connectivity index (χ0) is 13.4. The summed E-state index contributed by atoms with van der Waals surface area (Å²) in [7, 11) is 0. The second-order valence-electron chi connectivity index (χ2n) is 4.62. The summed E-state index contributed by atoms with van der Waals surface area (Å²) in [6.45, 7) is 3.76. The molecule has 2 aromatic heterocycles. The Kier molecular flexibility index (Phi) is 3.12. The first-order valence-corrected chi connectivity index (χ1v) is 7.02. The molecule has 0 radical (unpaired) electrons. The minimum absolute atomic E-state index is 0.0173. The standard InChI is InChI=1S/C13H15N3O2S/c1-8-7-18-6-5-16(8)13(17)12-10(14)11-9(19-12)3-2-4-15-11/h2-4,8H,5-7,14H2,1H3. The lowest BCUT2D eigenvalue weighted by Gasteiger charge is -2.33. The third kappa shape index (κ3) is 2.06. The second-order valence-corrected chi connectivity index (χ2v) is 5.67. The van der Waals surface area contributed by atoms with Crippen molar-refractivity contribution < 1.29 is 9.53 Å². The molecule has 5 nitrogen and oxygen atoms in total. The Bertz CT molecular complexity index is 625. The quantitative estimate of drug-likeness (QED) is 0.862. The normalized spacial score (nSPS) is 19.8. The third-order valence-corrected chi connectivity index (χ3v) is 4.45. The van der Waals surface area contributed by atoms with E-state index in [1.807, 2.05) is 24.0 Å². The van der Waals surface area contributed by atoms with Crippen LogP contribution in [-0.4, -0.2) is 41.6 Å². The summed E-state index contributed by atoms with van der Waals surface area (Å²) in [6, 6.07) is 3.87. The summed E-state index contributed by atoms with van der Waals surface area (Å²) in [5.74, 6) is -0.0173. The van der Waals surface area contributed by atoms with Crippen molar-refractivity contribution in [3.05, 3.63) is 23.2 Å². The van der Waals surface area contributed by atoms with E-state index < -0.39 is 0 Å². The van der Waals surface area contributed by atoms with Crippen molar-refractivity contribution in [1.82, 2.24) is 9.88 Å². The third-order valence-electron chi connectivity index (χ3n) is 3.31. The maximum atomic E-state index is 12.6. The highest BCUT2D eigenvalue weighted by Crippen LogP contribution is 2.33. The minimum atomic E-state index is -0.0173. The van der Waals surface area contributed by atoms with Gasteiger partial charge in [-0.25, -0.2) is 0 Å². The van der Waals surface area contributed by atoms with Gasteiger partial charge in [-0.1, -0.05) is 0 Å². The molecule has 1 atom stereocenters. The van der Waals surface area contributed by atoms with Gasteiger partial charge >= 0.3 is 0 Å². The van der Waals surface area contributed by atoms with Crippen molar-refractivity contribution >= 4 is 33.1 Å². The number of amides is 1. The summed E-state index contributed by atoms with van der Waals surface area (Å²) < 4.78 is 6.30. The number of nitrogens with two attached hydrogens (primary N) is 1. The number of aromatic nitrogens is 1. The van der Waals surface area contributed by atoms with Crippen molar-refractivity contribution in [3.63, 3.8) is 0 Å². The Morgan fingerprint density at radius 2 is 2.47 bits per heavy atom. The van der Waals surface area contributed by atoms with Gasteiger partial charge in [-0.3, -0.25) is 9.78 Å². The largest absolute Gasteiger partial charge is 0.396 e. The van der Waals surface area contributed by atoms with E-state index in [-0.39, 0.29) is 11.9 Å². The zero-order valence-corrected chi connectivity index (χ0v) is 11.4. The number of ether oxygens (including phenoxy) is 1. The van der Waals surface area contributed by atoms with Crippen molar-refractivity contribution in [2.75, 3.05) is 25.5 Å². The molecule has 0 aliphatic carbocycles. The Morgan fingerprint density at radius 1 is 1.63 bits per heavy atom. The minimum Gasteiger partial charge on any atom is -0.396 e. The summed E-state index contributed by atoms with van der Waals surface area (Å²) in [5.41, 5.74) is 7.27. The number of rotatable bonds is 1. The lowest BCUT2D eigenvalue weighted by molar-refractivity contribution is 0.00392. The molecule has 2 aromatic rings. The Balaban J connectivity index is 1.99. The van der Waals surface area contributed by atoms with Crippen LogP contribution in [0.15, 0.2) is 18.3 Å². The van der Waals surface area contributed by atoms with Gasteiger partial charge in [0.2, 0.25) is 0 Å². The molecule has 1 saturated heterocycles. The van der Waals surface area contributed by atoms with Crippen LogP contribution in [0.4, 0.5) is 5.69 Å². The molecule has 0 saturated carbocycles. The lowest BCUT2D eigenvalue weighted by Crippen LogP contribution is -2.47. The highest BCUT2D eigenvalue weighted by atomic mass is 32.1. The van der Waals surface area contributed by atoms with E-state index in [9.17, 15) is 4.79 Å². The van der Waals surface area contributed by atoms with E-state index in [0.29, 0.717) is 30.3 Å². The van der Waals surface area contributed by atoms with Crippen LogP contribution in [0.1, 0.15) is 16.6 Å². The van der Waals surface area contributed by atoms with Crippen LogP contribution in [0.25, 0.3) is 10.2 Å². The van der Waals surface area contributed by atoms with Crippen LogP contribution < -0.4 is 5.73 Å². The van der Waals surface area contributed by atoms with E-state index in [1.54, 1.807) is 6.20 Å². The smallest absolute Gasteiger partial charge is 0.266 e. The lowest BCUT2D eigenvalue weighted by atomic mass is 10.2. The monoisotopic (exact) mass is 277 g/mol. The van der Waals surface area contributed by atoms with E-state index in [0.717, 1.165) is 10.2 Å². The SMILES string of the molecule is CC1COCCN1C(=O)c1sc2cccnc2c1N. The molecule has 1 unspecified atom stereocenters. The average molecular weight is 277 g/mol. The van der Waals surface area contributed by atoms with E-state index in [4.69, 9.17) is 10.5 Å². The molecule has 19 heavy (non-hydrogen) atoms. The van der Waals surface area contributed by atoms with Crippen molar-refractivity contribution in [3.8, 4) is 0 Å². The number of carbonyl (C=O) groups excluding carboxylic acids is 1. The number of anilines is 1. The Morgan fingerprint density at radius 3 is 3.21 bits per heavy atom. The molecule has 3 rings (SSSR count). The molecule has 100 valence electrons. The second kappa shape index (κ2) is 4.79. The molecule has 1 fully saturated rings. The summed E-state index contributed by atoms with van der Waals surface area (Å²) in [5, 5.41) is 0. The molecule has 1 amide bonds. The molecule has 3 heterocycles. The van der Waals surface area contributed by atoms with E-state index in [2.05, 4.69) is 4.98 Å². The number of nitrogens with zero attached hydrogens (tertiary/aromatic N) is 2. The molecule has 2 N–H and O–H groups in total. The molecule has 0 aromatic carbocycles. The molecule has 1 aliphatic heterocycles. The number of hydrogen-bond donors (Lipinski definition) is 1. The number of thiophene rings is 1. The summed E-state index contributed by atoms with van der Waals surface area (Å²) in [6.07, 6.45) is 1.69. The summed E-state index contributed by atoms with van der Waals surface area (Å²) in [4.78, 5) is 19.2. The van der Waals surface area contributed by atoms with Gasteiger partial charge < -0.3 is 15.4 Å². The average Bonchev–Trinajstić information content (AvgIpc) is 2.77. The predicted octanol–water partition coefficient (Wildman–Crippen LogP) is 1.74. The number of hydrogen-bond acceptors (Lipinski definition) is 5. The van der Waals surface area contributed by atoms with Crippen LogP contribution in [0.3, 0.4) is 0 Å². The number of morpholine rings is 1. The fraction of sp³-hybridized carbons (Fsp3) is 0.385. The van der Waals surface area contributed by atoms with Crippen LogP contribution >= 0.6 is 11.3 Å². The van der Waals surface area contributed by atoms with Gasteiger partial charge in [-0.15, -0.1) is 11.3 Å². The van der Waals surface area contributed by atoms with Crippen LogP contribution in [0, 0.1) is 0 Å². The first-order valence-electron chi connectivity index (χ1n) is 6.20. The Labute approximate surface area is 115 Å². The van der Waals surface area contributed by atoms with Crippen LogP contribution in [-0.2, 0) is 4.74 Å². The summed E-state index contributed by atoms with van der Waals surface area (Å²) >= 11 is 1.41. The molecule has 0 spiro atoms. The highest BCUT2D eigenvalue weighted by molar-refractivity contribution is 7.21. The maximum Gasteiger partial charge on any atom is 0.266 e. The first kappa shape index (κ1) is 12.4. The van der Waals surface area contributed by atoms with Gasteiger partial charge in [-0.05, 0) is 19.1 Å². The number of pyridine rings is 1. The maximum absolute atomic E-state index is 12.6. The van der Waals surface area contributed by atoms with Gasteiger partial charge in [0, 0.05) is 12.7 Å². The molecular formula is C13H15N3O2S. The van der Waals surface area contributed by atoms with E-state index in [1.165, 1.54) is 11.3 Å². The number of fused-ring (bicyclic) bond motifs is 1.